The standard InChI is InChI=1S/C12H19N3O2S/c1-13-12-9-11(7-8-14-12)18(16,17)15(2)10-5-3-4-6-10/h7-10H,3-6H2,1-2H3,(H,13,14). The first-order valence-corrected chi connectivity index (χ1v) is 7.61. The molecule has 0 amide bonds. The Balaban J connectivity index is 2.28. The molecule has 18 heavy (non-hydrogen) atoms. The van der Waals surface area contributed by atoms with Gasteiger partial charge in [0.25, 0.3) is 0 Å². The van der Waals surface area contributed by atoms with E-state index in [4.69, 9.17) is 0 Å². The maximum Gasteiger partial charge on any atom is 0.243 e. The summed E-state index contributed by atoms with van der Waals surface area (Å²) >= 11 is 0. The first kappa shape index (κ1) is 13.3. The molecular weight excluding hydrogens is 250 g/mol. The van der Waals surface area contributed by atoms with Crippen molar-refractivity contribution < 1.29 is 8.42 Å². The van der Waals surface area contributed by atoms with Gasteiger partial charge in [-0.3, -0.25) is 0 Å². The normalized spacial score (nSPS) is 17.3. The number of sulfonamides is 1. The highest BCUT2D eigenvalue weighted by atomic mass is 32.2. The highest BCUT2D eigenvalue weighted by Gasteiger charge is 2.30. The molecule has 1 aromatic heterocycles. The Bertz CT molecular complexity index is 510. The van der Waals surface area contributed by atoms with Gasteiger partial charge in [-0.15, -0.1) is 0 Å². The highest BCUT2D eigenvalue weighted by Crippen LogP contribution is 2.27. The largest absolute Gasteiger partial charge is 0.373 e. The molecule has 1 fully saturated rings. The molecule has 1 N–H and O–H groups in total. The monoisotopic (exact) mass is 269 g/mol. The van der Waals surface area contributed by atoms with Gasteiger partial charge in [0, 0.05) is 32.4 Å². The lowest BCUT2D eigenvalue weighted by atomic mass is 10.3. The van der Waals surface area contributed by atoms with E-state index in [1.54, 1.807) is 26.2 Å². The van der Waals surface area contributed by atoms with Crippen molar-refractivity contribution in [3.63, 3.8) is 0 Å². The summed E-state index contributed by atoms with van der Waals surface area (Å²) in [7, 11) is -0.00860. The van der Waals surface area contributed by atoms with Crippen LogP contribution in [0, 0.1) is 0 Å². The summed E-state index contributed by atoms with van der Waals surface area (Å²) < 4.78 is 26.4. The third-order valence-electron chi connectivity index (χ3n) is 3.50. The third kappa shape index (κ3) is 2.49. The van der Waals surface area contributed by atoms with Gasteiger partial charge in [-0.05, 0) is 18.9 Å². The molecule has 1 aliphatic carbocycles. The lowest BCUT2D eigenvalue weighted by Gasteiger charge is -2.23. The van der Waals surface area contributed by atoms with Gasteiger partial charge in [0.05, 0.1) is 4.90 Å². The Morgan fingerprint density at radius 2 is 2.06 bits per heavy atom. The van der Waals surface area contributed by atoms with E-state index in [2.05, 4.69) is 10.3 Å². The topological polar surface area (TPSA) is 62.3 Å². The maximum atomic E-state index is 12.5. The van der Waals surface area contributed by atoms with Crippen LogP contribution in [-0.4, -0.2) is 37.8 Å². The predicted octanol–water partition coefficient (Wildman–Crippen LogP) is 1.69. The van der Waals surface area contributed by atoms with Gasteiger partial charge in [0.15, 0.2) is 0 Å². The Kier molecular flexibility index (Phi) is 3.87. The van der Waals surface area contributed by atoms with Gasteiger partial charge in [-0.25, -0.2) is 13.4 Å². The number of hydrogen-bond acceptors (Lipinski definition) is 4. The van der Waals surface area contributed by atoms with Crippen LogP contribution in [0.2, 0.25) is 0 Å². The van der Waals surface area contributed by atoms with Gasteiger partial charge in [0.1, 0.15) is 5.82 Å². The summed E-state index contributed by atoms with van der Waals surface area (Å²) in [5, 5.41) is 2.85. The summed E-state index contributed by atoms with van der Waals surface area (Å²) in [4.78, 5) is 4.34. The molecule has 0 saturated heterocycles. The van der Waals surface area contributed by atoms with Crippen LogP contribution in [0.3, 0.4) is 0 Å². The summed E-state index contributed by atoms with van der Waals surface area (Å²) in [6.07, 6.45) is 5.66. The van der Waals surface area contributed by atoms with E-state index in [1.807, 2.05) is 0 Å². The molecule has 0 atom stereocenters. The molecular formula is C12H19N3O2S. The zero-order valence-electron chi connectivity index (χ0n) is 10.8. The van der Waals surface area contributed by atoms with Crippen LogP contribution in [-0.2, 0) is 10.0 Å². The Labute approximate surface area is 108 Å². The van der Waals surface area contributed by atoms with Crippen LogP contribution in [0.5, 0.6) is 0 Å². The van der Waals surface area contributed by atoms with Gasteiger partial charge in [-0.2, -0.15) is 4.31 Å². The molecule has 0 aliphatic heterocycles. The van der Waals surface area contributed by atoms with E-state index < -0.39 is 10.0 Å². The lowest BCUT2D eigenvalue weighted by Crippen LogP contribution is -2.35. The SMILES string of the molecule is CNc1cc(S(=O)(=O)N(C)C2CCCC2)ccn1. The van der Waals surface area contributed by atoms with Gasteiger partial charge in [-0.1, -0.05) is 12.8 Å². The highest BCUT2D eigenvalue weighted by molar-refractivity contribution is 7.89. The summed E-state index contributed by atoms with van der Waals surface area (Å²) in [5.74, 6) is 0.566. The first-order valence-electron chi connectivity index (χ1n) is 6.17. The molecule has 1 aromatic rings. The molecule has 0 aromatic carbocycles. The fourth-order valence-corrected chi connectivity index (χ4v) is 3.77. The quantitative estimate of drug-likeness (QED) is 0.903. The molecule has 1 saturated carbocycles. The van der Waals surface area contributed by atoms with E-state index in [0.29, 0.717) is 10.7 Å². The molecule has 0 unspecified atom stereocenters. The predicted molar refractivity (Wildman–Crippen MR) is 71.0 cm³/mol. The van der Waals surface area contributed by atoms with Crippen molar-refractivity contribution in [2.45, 2.75) is 36.6 Å². The van der Waals surface area contributed by atoms with Crippen LogP contribution in [0.25, 0.3) is 0 Å². The van der Waals surface area contributed by atoms with Crippen molar-refractivity contribution in [2.75, 3.05) is 19.4 Å². The van der Waals surface area contributed by atoms with Crippen LogP contribution in [0.1, 0.15) is 25.7 Å². The minimum Gasteiger partial charge on any atom is -0.373 e. The van der Waals surface area contributed by atoms with Crippen LogP contribution in [0.15, 0.2) is 23.2 Å². The maximum absolute atomic E-state index is 12.5. The molecule has 100 valence electrons. The second kappa shape index (κ2) is 5.24. The molecule has 1 aliphatic rings. The molecule has 2 rings (SSSR count). The minimum atomic E-state index is -3.40. The van der Waals surface area contributed by atoms with Crippen LogP contribution in [0.4, 0.5) is 5.82 Å². The molecule has 0 radical (unpaired) electrons. The van der Waals surface area contributed by atoms with Gasteiger partial charge >= 0.3 is 0 Å². The first-order chi connectivity index (χ1) is 8.55. The second-order valence-electron chi connectivity index (χ2n) is 4.59. The average Bonchev–Trinajstić information content (AvgIpc) is 2.91. The fourth-order valence-electron chi connectivity index (χ4n) is 2.34. The summed E-state index contributed by atoms with van der Waals surface area (Å²) in [6, 6.07) is 3.25. The van der Waals surface area contributed by atoms with Crippen molar-refractivity contribution in [2.24, 2.45) is 0 Å². The summed E-state index contributed by atoms with van der Waals surface area (Å²) in [6.45, 7) is 0. The number of hydrogen-bond donors (Lipinski definition) is 1. The molecule has 0 bridgehead atoms. The number of pyridine rings is 1. The van der Waals surface area contributed by atoms with E-state index in [9.17, 15) is 8.42 Å². The van der Waals surface area contributed by atoms with Crippen molar-refractivity contribution in [3.05, 3.63) is 18.3 Å². The zero-order valence-corrected chi connectivity index (χ0v) is 11.6. The number of rotatable bonds is 4. The minimum absolute atomic E-state index is 0.140. The smallest absolute Gasteiger partial charge is 0.243 e. The lowest BCUT2D eigenvalue weighted by molar-refractivity contribution is 0.373. The van der Waals surface area contributed by atoms with Crippen LogP contribution >= 0.6 is 0 Å². The molecule has 1 heterocycles. The number of anilines is 1. The Morgan fingerprint density at radius 3 is 2.67 bits per heavy atom. The van der Waals surface area contributed by atoms with E-state index in [0.717, 1.165) is 25.7 Å². The van der Waals surface area contributed by atoms with E-state index in [1.165, 1.54) is 10.5 Å². The van der Waals surface area contributed by atoms with E-state index >= 15 is 0 Å². The van der Waals surface area contributed by atoms with Gasteiger partial charge < -0.3 is 5.32 Å². The van der Waals surface area contributed by atoms with Gasteiger partial charge in [0.2, 0.25) is 10.0 Å². The Hall–Kier alpha value is -1.14. The van der Waals surface area contributed by atoms with Crippen molar-refractivity contribution in [1.29, 1.82) is 0 Å². The summed E-state index contributed by atoms with van der Waals surface area (Å²) in [5.41, 5.74) is 0. The zero-order chi connectivity index (χ0) is 13.2. The van der Waals surface area contributed by atoms with Crippen molar-refractivity contribution in [1.82, 2.24) is 9.29 Å². The van der Waals surface area contributed by atoms with E-state index in [-0.39, 0.29) is 6.04 Å². The second-order valence-corrected chi connectivity index (χ2v) is 6.58. The average molecular weight is 269 g/mol. The Morgan fingerprint density at radius 1 is 1.39 bits per heavy atom. The molecule has 0 spiro atoms. The molecule has 6 heteroatoms. The van der Waals surface area contributed by atoms with Crippen molar-refractivity contribution in [3.8, 4) is 0 Å². The number of nitrogens with one attached hydrogen (secondary N) is 1. The number of aromatic nitrogens is 1. The van der Waals surface area contributed by atoms with Crippen molar-refractivity contribution >= 4 is 15.8 Å². The fraction of sp³-hybridized carbons (Fsp3) is 0.583. The number of nitrogens with zero attached hydrogens (tertiary/aromatic N) is 2. The molecule has 5 nitrogen and oxygen atoms in total. The van der Waals surface area contributed by atoms with Crippen LogP contribution < -0.4 is 5.32 Å². The third-order valence-corrected chi connectivity index (χ3v) is 5.41.